The Morgan fingerprint density at radius 3 is 2.71 bits per heavy atom. The van der Waals surface area contributed by atoms with Gasteiger partial charge in [-0.25, -0.2) is 0 Å². The standard InChI is InChI=1S/C27H32N4O3/c1-33-15-14-31-12-8-22(9-13-31)29-18-23-17-25(19-6-10-28-11-7-19)27(34-23)21-2-4-24-20(16-21)3-5-26(24)30-32/h2,4,6-7,10-11,16-17,22,26,29H,3,5,8-9,12-15,18H2,1H3. The van der Waals surface area contributed by atoms with E-state index in [1.165, 1.54) is 5.56 Å². The van der Waals surface area contributed by atoms with Crippen LogP contribution < -0.4 is 5.32 Å². The Morgan fingerprint density at radius 1 is 1.12 bits per heavy atom. The number of nitrogens with zero attached hydrogens (tertiary/aromatic N) is 3. The summed E-state index contributed by atoms with van der Waals surface area (Å²) in [4.78, 5) is 17.8. The first-order valence-electron chi connectivity index (χ1n) is 12.2. The summed E-state index contributed by atoms with van der Waals surface area (Å²) in [6, 6.07) is 12.7. The summed E-state index contributed by atoms with van der Waals surface area (Å²) in [5.74, 6) is 1.79. The fraction of sp³-hybridized carbons (Fsp3) is 0.444. The molecule has 178 valence electrons. The van der Waals surface area contributed by atoms with E-state index >= 15 is 0 Å². The average Bonchev–Trinajstić information content (AvgIpc) is 3.51. The lowest BCUT2D eigenvalue weighted by Gasteiger charge is -2.32. The Bertz CT molecular complexity index is 1110. The van der Waals surface area contributed by atoms with Gasteiger partial charge in [-0.05, 0) is 79.7 Å². The molecule has 3 heterocycles. The van der Waals surface area contributed by atoms with Gasteiger partial charge in [0.1, 0.15) is 17.6 Å². The fourth-order valence-corrected chi connectivity index (χ4v) is 5.16. The molecule has 0 bridgehead atoms. The zero-order valence-corrected chi connectivity index (χ0v) is 19.7. The molecule has 34 heavy (non-hydrogen) atoms. The highest BCUT2D eigenvalue weighted by molar-refractivity contribution is 5.80. The first-order chi connectivity index (χ1) is 16.7. The van der Waals surface area contributed by atoms with E-state index in [9.17, 15) is 4.91 Å². The lowest BCUT2D eigenvalue weighted by Crippen LogP contribution is -2.43. The number of nitrogens with one attached hydrogen (secondary N) is 1. The van der Waals surface area contributed by atoms with Crippen LogP contribution >= 0.6 is 0 Å². The van der Waals surface area contributed by atoms with E-state index in [0.717, 1.165) is 85.7 Å². The molecule has 5 rings (SSSR count). The number of aryl methyl sites for hydroxylation is 1. The number of likely N-dealkylation sites (tertiary alicyclic amines) is 1. The van der Waals surface area contributed by atoms with E-state index in [1.807, 2.05) is 30.6 Å². The lowest BCUT2D eigenvalue weighted by molar-refractivity contribution is 0.125. The molecule has 3 aromatic rings. The van der Waals surface area contributed by atoms with Crippen molar-refractivity contribution < 1.29 is 9.15 Å². The van der Waals surface area contributed by atoms with Crippen molar-refractivity contribution in [3.05, 3.63) is 70.6 Å². The summed E-state index contributed by atoms with van der Waals surface area (Å²) in [6.45, 7) is 4.68. The minimum Gasteiger partial charge on any atom is -0.459 e. The van der Waals surface area contributed by atoms with E-state index < -0.39 is 0 Å². The highest BCUT2D eigenvalue weighted by Gasteiger charge is 2.25. The van der Waals surface area contributed by atoms with Gasteiger partial charge in [0, 0.05) is 43.2 Å². The van der Waals surface area contributed by atoms with Gasteiger partial charge in [0.05, 0.1) is 13.2 Å². The van der Waals surface area contributed by atoms with Crippen molar-refractivity contribution in [1.82, 2.24) is 15.2 Å². The van der Waals surface area contributed by atoms with Crippen LogP contribution in [-0.4, -0.2) is 49.3 Å². The van der Waals surface area contributed by atoms with E-state index in [0.29, 0.717) is 12.6 Å². The van der Waals surface area contributed by atoms with Crippen molar-refractivity contribution in [2.45, 2.75) is 44.3 Å². The number of rotatable bonds is 9. The first kappa shape index (κ1) is 22.9. The summed E-state index contributed by atoms with van der Waals surface area (Å²) in [7, 11) is 1.76. The third kappa shape index (κ3) is 4.97. The molecule has 0 spiro atoms. The molecule has 1 N–H and O–H groups in total. The number of hydrogen-bond donors (Lipinski definition) is 1. The number of hydrogen-bond acceptors (Lipinski definition) is 7. The first-order valence-corrected chi connectivity index (χ1v) is 12.2. The van der Waals surface area contributed by atoms with Gasteiger partial charge in [-0.3, -0.25) is 4.98 Å². The van der Waals surface area contributed by atoms with Gasteiger partial charge in [0.2, 0.25) is 0 Å². The third-order valence-corrected chi connectivity index (χ3v) is 7.12. The Labute approximate surface area is 200 Å². The molecule has 0 saturated carbocycles. The molecule has 1 atom stereocenters. The van der Waals surface area contributed by atoms with Crippen molar-refractivity contribution in [3.63, 3.8) is 0 Å². The zero-order valence-electron chi connectivity index (χ0n) is 19.7. The van der Waals surface area contributed by atoms with Crippen molar-refractivity contribution in [1.29, 1.82) is 0 Å². The maximum Gasteiger partial charge on any atom is 0.142 e. The molecule has 1 fully saturated rings. The number of aromatic nitrogens is 1. The normalized spacial score (nSPS) is 18.8. The number of benzene rings is 1. The second kappa shape index (κ2) is 10.6. The maximum absolute atomic E-state index is 11.1. The Morgan fingerprint density at radius 2 is 1.94 bits per heavy atom. The van der Waals surface area contributed by atoms with Gasteiger partial charge < -0.3 is 19.4 Å². The molecule has 1 aliphatic carbocycles. The largest absolute Gasteiger partial charge is 0.459 e. The number of furan rings is 1. The number of ether oxygens (including phenoxy) is 1. The molecule has 1 aromatic carbocycles. The number of pyridine rings is 1. The van der Waals surface area contributed by atoms with Crippen molar-refractivity contribution in [2.24, 2.45) is 5.18 Å². The molecule has 0 amide bonds. The van der Waals surface area contributed by atoms with Crippen LogP contribution in [0.25, 0.3) is 22.5 Å². The minimum absolute atomic E-state index is 0.221. The monoisotopic (exact) mass is 460 g/mol. The van der Waals surface area contributed by atoms with Crippen LogP contribution in [0.4, 0.5) is 0 Å². The average molecular weight is 461 g/mol. The van der Waals surface area contributed by atoms with E-state index in [4.69, 9.17) is 9.15 Å². The molecular weight excluding hydrogens is 428 g/mol. The van der Waals surface area contributed by atoms with E-state index in [-0.39, 0.29) is 6.04 Å². The molecule has 7 nitrogen and oxygen atoms in total. The number of piperidine rings is 1. The van der Waals surface area contributed by atoms with Crippen LogP contribution in [0.5, 0.6) is 0 Å². The summed E-state index contributed by atoms with van der Waals surface area (Å²) in [5.41, 5.74) is 5.43. The predicted molar refractivity (Wildman–Crippen MR) is 132 cm³/mol. The summed E-state index contributed by atoms with van der Waals surface area (Å²) in [6.07, 6.45) is 7.55. The smallest absolute Gasteiger partial charge is 0.142 e. The topological polar surface area (TPSA) is 80.0 Å². The molecular formula is C27H32N4O3. The van der Waals surface area contributed by atoms with Crippen molar-refractivity contribution in [2.75, 3.05) is 33.4 Å². The van der Waals surface area contributed by atoms with Crippen LogP contribution in [0, 0.1) is 4.91 Å². The van der Waals surface area contributed by atoms with Gasteiger partial charge >= 0.3 is 0 Å². The fourth-order valence-electron chi connectivity index (χ4n) is 5.16. The van der Waals surface area contributed by atoms with E-state index in [1.54, 1.807) is 7.11 Å². The second-order valence-corrected chi connectivity index (χ2v) is 9.25. The number of methoxy groups -OCH3 is 1. The van der Waals surface area contributed by atoms with Gasteiger partial charge in [-0.1, -0.05) is 17.3 Å². The van der Waals surface area contributed by atoms with Gasteiger partial charge in [0.25, 0.3) is 0 Å². The lowest BCUT2D eigenvalue weighted by atomic mass is 9.99. The van der Waals surface area contributed by atoms with Crippen LogP contribution in [0.15, 0.2) is 58.4 Å². The predicted octanol–water partition coefficient (Wildman–Crippen LogP) is 4.96. The summed E-state index contributed by atoms with van der Waals surface area (Å²) < 4.78 is 11.6. The van der Waals surface area contributed by atoms with Crippen LogP contribution in [0.2, 0.25) is 0 Å². The quantitative estimate of drug-likeness (QED) is 0.455. The van der Waals surface area contributed by atoms with Crippen LogP contribution in [0.1, 0.15) is 42.2 Å². The van der Waals surface area contributed by atoms with Gasteiger partial charge in [-0.2, -0.15) is 4.91 Å². The molecule has 7 heteroatoms. The molecule has 2 aromatic heterocycles. The Hall–Kier alpha value is -2.87. The molecule has 1 unspecified atom stereocenters. The zero-order chi connectivity index (χ0) is 23.3. The number of fused-ring (bicyclic) bond motifs is 1. The molecule has 2 aliphatic rings. The SMILES string of the molecule is COCCN1CCC(NCc2cc(-c3ccncc3)c(-c3ccc4c(c3)CCC4N=O)o2)CC1. The maximum atomic E-state index is 11.1. The van der Waals surface area contributed by atoms with Gasteiger partial charge in [0.15, 0.2) is 0 Å². The van der Waals surface area contributed by atoms with Crippen LogP contribution in [-0.2, 0) is 17.7 Å². The number of nitroso groups, excluding NO2 is 1. The Balaban J connectivity index is 1.34. The molecule has 1 aliphatic heterocycles. The molecule has 1 saturated heterocycles. The minimum atomic E-state index is -0.221. The highest BCUT2D eigenvalue weighted by atomic mass is 16.5. The van der Waals surface area contributed by atoms with E-state index in [2.05, 4.69) is 38.6 Å². The van der Waals surface area contributed by atoms with Crippen molar-refractivity contribution in [3.8, 4) is 22.5 Å². The van der Waals surface area contributed by atoms with Crippen molar-refractivity contribution >= 4 is 0 Å². The Kier molecular flexibility index (Phi) is 7.13. The molecule has 0 radical (unpaired) electrons. The van der Waals surface area contributed by atoms with Crippen LogP contribution in [0.3, 0.4) is 0 Å². The third-order valence-electron chi connectivity index (χ3n) is 7.12. The van der Waals surface area contributed by atoms with Gasteiger partial charge in [-0.15, -0.1) is 0 Å². The highest BCUT2D eigenvalue weighted by Crippen LogP contribution is 2.40. The summed E-state index contributed by atoms with van der Waals surface area (Å²) in [5, 5.41) is 6.99. The second-order valence-electron chi connectivity index (χ2n) is 9.25. The summed E-state index contributed by atoms with van der Waals surface area (Å²) >= 11 is 0.